The number of primary sulfonamides is 1. The van der Waals surface area contributed by atoms with Crippen LogP contribution in [-0.4, -0.2) is 34.1 Å². The molecule has 1 heterocycles. The Kier molecular flexibility index (Phi) is 6.55. The van der Waals surface area contributed by atoms with Gasteiger partial charge in [-0.25, -0.2) is 13.6 Å². The van der Waals surface area contributed by atoms with Crippen LogP contribution in [0.3, 0.4) is 0 Å². The first-order valence-corrected chi connectivity index (χ1v) is 8.56. The second-order valence-corrected chi connectivity index (χ2v) is 7.11. The zero-order chi connectivity index (χ0) is 16.4. The summed E-state index contributed by atoms with van der Waals surface area (Å²) in [4.78, 5) is 12.5. The average molecular weight is 364 g/mol. The first-order valence-electron chi connectivity index (χ1n) is 7.01. The van der Waals surface area contributed by atoms with E-state index in [0.29, 0.717) is 37.3 Å². The summed E-state index contributed by atoms with van der Waals surface area (Å²) in [6, 6.07) is 4.62. The zero-order valence-corrected chi connectivity index (χ0v) is 14.5. The molecule has 0 bridgehead atoms. The molecule has 1 aromatic rings. The highest BCUT2D eigenvalue weighted by atomic mass is 35.5. The standard InChI is InChI=1S/C14H21N3O4S.ClH/c1-10-2-3-11(8-12(10)22(16,19)20)17-13(18)14(9-15)4-6-21-7-5-14;/h2-3,8H,4-7,9,15H2,1H3,(H,17,18)(H2,16,19,20);1H. The molecule has 23 heavy (non-hydrogen) atoms. The Labute approximate surface area is 142 Å². The Morgan fingerprint density at radius 3 is 2.48 bits per heavy atom. The number of sulfonamides is 1. The predicted molar refractivity (Wildman–Crippen MR) is 90.0 cm³/mol. The lowest BCUT2D eigenvalue weighted by Gasteiger charge is -2.34. The minimum absolute atomic E-state index is 0. The quantitative estimate of drug-likeness (QED) is 0.728. The smallest absolute Gasteiger partial charge is 0.238 e. The molecular formula is C14H22ClN3O4S. The zero-order valence-electron chi connectivity index (χ0n) is 12.9. The third kappa shape index (κ3) is 4.42. The number of ether oxygens (including phenoxy) is 1. The number of carbonyl (C=O) groups is 1. The normalized spacial score (nSPS) is 17.2. The van der Waals surface area contributed by atoms with E-state index in [9.17, 15) is 13.2 Å². The van der Waals surface area contributed by atoms with Gasteiger partial charge in [0.1, 0.15) is 0 Å². The SMILES string of the molecule is Cc1ccc(NC(=O)C2(CN)CCOCC2)cc1S(N)(=O)=O.Cl. The van der Waals surface area contributed by atoms with E-state index in [1.54, 1.807) is 19.1 Å². The van der Waals surface area contributed by atoms with Crippen LogP contribution in [0.25, 0.3) is 0 Å². The van der Waals surface area contributed by atoms with Gasteiger partial charge in [0, 0.05) is 25.4 Å². The van der Waals surface area contributed by atoms with Crippen molar-refractivity contribution in [2.24, 2.45) is 16.3 Å². The summed E-state index contributed by atoms with van der Waals surface area (Å²) in [5.74, 6) is -0.220. The molecule has 1 amide bonds. The Morgan fingerprint density at radius 1 is 1.35 bits per heavy atom. The number of hydrogen-bond acceptors (Lipinski definition) is 5. The predicted octanol–water partition coefficient (Wildman–Crippen LogP) is 0.758. The highest BCUT2D eigenvalue weighted by Gasteiger charge is 2.38. The molecule has 130 valence electrons. The third-order valence-electron chi connectivity index (χ3n) is 4.07. The number of amides is 1. The van der Waals surface area contributed by atoms with Crippen LogP contribution < -0.4 is 16.2 Å². The molecule has 0 spiro atoms. The Bertz CT molecular complexity index is 673. The molecule has 1 aromatic carbocycles. The van der Waals surface area contributed by atoms with Crippen molar-refractivity contribution in [2.45, 2.75) is 24.7 Å². The van der Waals surface area contributed by atoms with Crippen molar-refractivity contribution in [1.82, 2.24) is 0 Å². The lowest BCUT2D eigenvalue weighted by atomic mass is 9.79. The molecule has 0 aromatic heterocycles. The van der Waals surface area contributed by atoms with Gasteiger partial charge in [0.25, 0.3) is 0 Å². The van der Waals surface area contributed by atoms with Gasteiger partial charge >= 0.3 is 0 Å². The molecule has 7 nitrogen and oxygen atoms in total. The first kappa shape index (κ1) is 19.9. The first-order chi connectivity index (χ1) is 10.3. The molecule has 1 aliphatic heterocycles. The summed E-state index contributed by atoms with van der Waals surface area (Å²) < 4.78 is 28.4. The highest BCUT2D eigenvalue weighted by molar-refractivity contribution is 7.89. The van der Waals surface area contributed by atoms with Gasteiger partial charge < -0.3 is 15.8 Å². The van der Waals surface area contributed by atoms with Crippen LogP contribution in [0.2, 0.25) is 0 Å². The minimum atomic E-state index is -3.83. The van der Waals surface area contributed by atoms with Crippen molar-refractivity contribution >= 4 is 34.0 Å². The second-order valence-electron chi connectivity index (χ2n) is 5.58. The van der Waals surface area contributed by atoms with Gasteiger partial charge in [0.05, 0.1) is 10.3 Å². The topological polar surface area (TPSA) is 125 Å². The number of hydrogen-bond donors (Lipinski definition) is 3. The number of anilines is 1. The highest BCUT2D eigenvalue weighted by Crippen LogP contribution is 2.31. The molecule has 0 radical (unpaired) electrons. The fraction of sp³-hybridized carbons (Fsp3) is 0.500. The molecule has 0 atom stereocenters. The van der Waals surface area contributed by atoms with Crippen molar-refractivity contribution in [2.75, 3.05) is 25.1 Å². The Hall–Kier alpha value is -1.19. The fourth-order valence-corrected chi connectivity index (χ4v) is 3.34. The van der Waals surface area contributed by atoms with E-state index in [4.69, 9.17) is 15.6 Å². The second kappa shape index (κ2) is 7.59. The van der Waals surface area contributed by atoms with E-state index in [-0.39, 0.29) is 29.8 Å². The molecule has 2 rings (SSSR count). The molecule has 5 N–H and O–H groups in total. The van der Waals surface area contributed by atoms with Crippen LogP contribution in [0, 0.1) is 12.3 Å². The molecule has 1 aliphatic rings. The van der Waals surface area contributed by atoms with E-state index < -0.39 is 15.4 Å². The molecule has 9 heteroatoms. The lowest BCUT2D eigenvalue weighted by molar-refractivity contribution is -0.130. The molecule has 0 saturated carbocycles. The summed E-state index contributed by atoms with van der Waals surface area (Å²) in [5.41, 5.74) is 6.02. The van der Waals surface area contributed by atoms with E-state index in [2.05, 4.69) is 5.32 Å². The van der Waals surface area contributed by atoms with Crippen LogP contribution in [0.5, 0.6) is 0 Å². The minimum Gasteiger partial charge on any atom is -0.381 e. The van der Waals surface area contributed by atoms with Crippen molar-refractivity contribution in [3.8, 4) is 0 Å². The Balaban J connectivity index is 0.00000264. The maximum absolute atomic E-state index is 12.5. The Morgan fingerprint density at radius 2 is 1.96 bits per heavy atom. The number of aryl methyl sites for hydroxylation is 1. The van der Waals surface area contributed by atoms with Crippen molar-refractivity contribution < 1.29 is 17.9 Å². The van der Waals surface area contributed by atoms with Gasteiger partial charge in [-0.15, -0.1) is 12.4 Å². The van der Waals surface area contributed by atoms with Gasteiger partial charge in [0.2, 0.25) is 15.9 Å². The maximum Gasteiger partial charge on any atom is 0.238 e. The summed E-state index contributed by atoms with van der Waals surface area (Å²) in [6.45, 7) is 2.84. The number of benzene rings is 1. The van der Waals surface area contributed by atoms with E-state index in [1.807, 2.05) is 0 Å². The van der Waals surface area contributed by atoms with Gasteiger partial charge in [-0.1, -0.05) is 6.07 Å². The molecule has 1 saturated heterocycles. The van der Waals surface area contributed by atoms with E-state index in [1.165, 1.54) is 6.07 Å². The number of carbonyl (C=O) groups excluding carboxylic acids is 1. The van der Waals surface area contributed by atoms with Crippen LogP contribution >= 0.6 is 12.4 Å². The lowest BCUT2D eigenvalue weighted by Crippen LogP contribution is -2.46. The molecular weight excluding hydrogens is 342 g/mol. The summed E-state index contributed by atoms with van der Waals surface area (Å²) in [7, 11) is -3.83. The maximum atomic E-state index is 12.5. The third-order valence-corrected chi connectivity index (χ3v) is 5.13. The summed E-state index contributed by atoms with van der Waals surface area (Å²) in [5, 5.41) is 7.92. The van der Waals surface area contributed by atoms with Gasteiger partial charge in [-0.05, 0) is 37.5 Å². The van der Waals surface area contributed by atoms with Gasteiger partial charge in [-0.2, -0.15) is 0 Å². The van der Waals surface area contributed by atoms with Gasteiger partial charge in [0.15, 0.2) is 0 Å². The fourth-order valence-electron chi connectivity index (χ4n) is 2.53. The van der Waals surface area contributed by atoms with Crippen molar-refractivity contribution in [1.29, 1.82) is 0 Å². The largest absolute Gasteiger partial charge is 0.381 e. The number of halogens is 1. The summed E-state index contributed by atoms with van der Waals surface area (Å²) >= 11 is 0. The number of nitrogens with one attached hydrogen (secondary N) is 1. The molecule has 0 unspecified atom stereocenters. The van der Waals surface area contributed by atoms with Crippen LogP contribution in [0.1, 0.15) is 18.4 Å². The van der Waals surface area contributed by atoms with E-state index >= 15 is 0 Å². The molecule has 1 fully saturated rings. The average Bonchev–Trinajstić information content (AvgIpc) is 2.48. The van der Waals surface area contributed by atoms with Crippen LogP contribution in [0.15, 0.2) is 23.1 Å². The monoisotopic (exact) mass is 363 g/mol. The van der Waals surface area contributed by atoms with Gasteiger partial charge in [-0.3, -0.25) is 4.79 Å². The van der Waals surface area contributed by atoms with E-state index in [0.717, 1.165) is 0 Å². The van der Waals surface area contributed by atoms with Crippen molar-refractivity contribution in [3.05, 3.63) is 23.8 Å². The molecule has 0 aliphatic carbocycles. The van der Waals surface area contributed by atoms with Crippen molar-refractivity contribution in [3.63, 3.8) is 0 Å². The number of rotatable bonds is 4. The number of nitrogens with two attached hydrogens (primary N) is 2. The summed E-state index contributed by atoms with van der Waals surface area (Å²) in [6.07, 6.45) is 1.09. The van der Waals surface area contributed by atoms with Crippen LogP contribution in [0.4, 0.5) is 5.69 Å². The van der Waals surface area contributed by atoms with Crippen LogP contribution in [-0.2, 0) is 19.6 Å².